The van der Waals surface area contributed by atoms with Crippen molar-refractivity contribution in [2.75, 3.05) is 0 Å². The molecule has 4 heteroatoms. The van der Waals surface area contributed by atoms with E-state index in [4.69, 9.17) is 34.8 Å². The number of hydrogen-bond acceptors (Lipinski definition) is 1. The molecule has 0 aliphatic heterocycles. The number of rotatable bonds is 4. The summed E-state index contributed by atoms with van der Waals surface area (Å²) in [7, 11) is 0. The van der Waals surface area contributed by atoms with Gasteiger partial charge in [-0.2, -0.15) is 0 Å². The quantitative estimate of drug-likeness (QED) is 0.786. The average Bonchev–Trinajstić information content (AvgIpc) is 2.39. The summed E-state index contributed by atoms with van der Waals surface area (Å²) in [5, 5.41) is 5.56. The molecule has 0 saturated carbocycles. The molecule has 0 spiro atoms. The van der Waals surface area contributed by atoms with Crippen molar-refractivity contribution in [2.24, 2.45) is 0 Å². The van der Waals surface area contributed by atoms with Crippen LogP contribution in [0.5, 0.6) is 0 Å². The maximum Gasteiger partial charge on any atom is 0.0451 e. The van der Waals surface area contributed by atoms with Crippen molar-refractivity contribution in [2.45, 2.75) is 19.5 Å². The minimum absolute atomic E-state index is 0.189. The van der Waals surface area contributed by atoms with Gasteiger partial charge in [-0.25, -0.2) is 0 Å². The van der Waals surface area contributed by atoms with Crippen LogP contribution in [-0.4, -0.2) is 0 Å². The van der Waals surface area contributed by atoms with Crippen LogP contribution in [0.4, 0.5) is 0 Å². The molecule has 0 amide bonds. The van der Waals surface area contributed by atoms with Crippen molar-refractivity contribution in [3.63, 3.8) is 0 Å². The monoisotopic (exact) mass is 313 g/mol. The Morgan fingerprint density at radius 3 is 2.47 bits per heavy atom. The second-order valence-electron chi connectivity index (χ2n) is 4.39. The van der Waals surface area contributed by atoms with E-state index in [1.165, 1.54) is 0 Å². The Hall–Kier alpha value is -0.730. The number of hydrogen-bond donors (Lipinski definition) is 1. The SMILES string of the molecule is C[C@@H](NCc1cc(Cl)ccc1Cl)c1cccc(Cl)c1. The molecule has 2 aromatic rings. The van der Waals surface area contributed by atoms with Crippen LogP contribution in [-0.2, 0) is 6.54 Å². The van der Waals surface area contributed by atoms with E-state index in [0.717, 1.165) is 21.2 Å². The Balaban J connectivity index is 2.04. The molecule has 0 radical (unpaired) electrons. The van der Waals surface area contributed by atoms with Gasteiger partial charge in [-0.05, 0) is 48.4 Å². The maximum atomic E-state index is 6.13. The molecule has 0 heterocycles. The summed E-state index contributed by atoms with van der Waals surface area (Å²) in [5.74, 6) is 0. The lowest BCUT2D eigenvalue weighted by Gasteiger charge is -2.15. The van der Waals surface area contributed by atoms with Crippen LogP contribution in [0.2, 0.25) is 15.1 Å². The Morgan fingerprint density at radius 1 is 1.00 bits per heavy atom. The smallest absolute Gasteiger partial charge is 0.0451 e. The van der Waals surface area contributed by atoms with E-state index in [1.54, 1.807) is 6.07 Å². The first-order chi connectivity index (χ1) is 9.06. The third kappa shape index (κ3) is 4.12. The van der Waals surface area contributed by atoms with Crippen LogP contribution in [0.1, 0.15) is 24.1 Å². The van der Waals surface area contributed by atoms with E-state index in [9.17, 15) is 0 Å². The molecule has 2 aromatic carbocycles. The predicted molar refractivity (Wildman–Crippen MR) is 83.2 cm³/mol. The van der Waals surface area contributed by atoms with Gasteiger partial charge in [0, 0.05) is 27.7 Å². The predicted octanol–water partition coefficient (Wildman–Crippen LogP) is 5.50. The first-order valence-corrected chi connectivity index (χ1v) is 7.12. The number of halogens is 3. The van der Waals surface area contributed by atoms with E-state index >= 15 is 0 Å². The highest BCUT2D eigenvalue weighted by Gasteiger charge is 2.07. The van der Waals surface area contributed by atoms with E-state index < -0.39 is 0 Å². The van der Waals surface area contributed by atoms with Gasteiger partial charge in [0.15, 0.2) is 0 Å². The van der Waals surface area contributed by atoms with Crippen LogP contribution >= 0.6 is 34.8 Å². The van der Waals surface area contributed by atoms with Crippen molar-refractivity contribution < 1.29 is 0 Å². The first kappa shape index (κ1) is 14.7. The number of benzene rings is 2. The summed E-state index contributed by atoms with van der Waals surface area (Å²) in [6.07, 6.45) is 0. The van der Waals surface area contributed by atoms with E-state index in [1.807, 2.05) is 36.4 Å². The van der Waals surface area contributed by atoms with Gasteiger partial charge in [0.2, 0.25) is 0 Å². The fourth-order valence-corrected chi connectivity index (χ4v) is 2.41. The van der Waals surface area contributed by atoms with E-state index in [2.05, 4.69) is 12.2 Å². The summed E-state index contributed by atoms with van der Waals surface area (Å²) in [5.41, 5.74) is 2.13. The summed E-state index contributed by atoms with van der Waals surface area (Å²) < 4.78 is 0. The second kappa shape index (κ2) is 6.62. The molecule has 0 fully saturated rings. The van der Waals surface area contributed by atoms with Gasteiger partial charge >= 0.3 is 0 Å². The van der Waals surface area contributed by atoms with Gasteiger partial charge < -0.3 is 5.32 Å². The highest BCUT2D eigenvalue weighted by Crippen LogP contribution is 2.22. The van der Waals surface area contributed by atoms with E-state index in [0.29, 0.717) is 11.6 Å². The molecular weight excluding hydrogens is 301 g/mol. The fourth-order valence-electron chi connectivity index (χ4n) is 1.84. The third-order valence-electron chi connectivity index (χ3n) is 2.96. The van der Waals surface area contributed by atoms with Crippen LogP contribution in [0.15, 0.2) is 42.5 Å². The summed E-state index contributed by atoms with van der Waals surface area (Å²) in [6.45, 7) is 2.75. The molecule has 100 valence electrons. The zero-order chi connectivity index (χ0) is 13.8. The Bertz CT molecular complexity index is 569. The summed E-state index contributed by atoms with van der Waals surface area (Å²) in [6, 6.07) is 13.5. The lowest BCUT2D eigenvalue weighted by atomic mass is 10.1. The first-order valence-electron chi connectivity index (χ1n) is 5.99. The number of nitrogens with one attached hydrogen (secondary N) is 1. The fraction of sp³-hybridized carbons (Fsp3) is 0.200. The molecule has 1 nitrogen and oxygen atoms in total. The van der Waals surface area contributed by atoms with Crippen LogP contribution in [0.3, 0.4) is 0 Å². The summed E-state index contributed by atoms with van der Waals surface area (Å²) in [4.78, 5) is 0. The Labute approximate surface area is 128 Å². The molecule has 1 atom stereocenters. The van der Waals surface area contributed by atoms with E-state index in [-0.39, 0.29) is 6.04 Å². The van der Waals surface area contributed by atoms with Gasteiger partial charge in [0.05, 0.1) is 0 Å². The van der Waals surface area contributed by atoms with Gasteiger partial charge in [-0.15, -0.1) is 0 Å². The topological polar surface area (TPSA) is 12.0 Å². The van der Waals surface area contributed by atoms with Crippen LogP contribution < -0.4 is 5.32 Å². The van der Waals surface area contributed by atoms with Gasteiger partial charge in [-0.1, -0.05) is 46.9 Å². The average molecular weight is 315 g/mol. The van der Waals surface area contributed by atoms with Gasteiger partial charge in [0.25, 0.3) is 0 Å². The molecule has 0 bridgehead atoms. The molecule has 1 N–H and O–H groups in total. The Kier molecular flexibility index (Phi) is 5.12. The molecule has 0 saturated heterocycles. The third-order valence-corrected chi connectivity index (χ3v) is 3.79. The molecule has 19 heavy (non-hydrogen) atoms. The van der Waals surface area contributed by atoms with Crippen molar-refractivity contribution >= 4 is 34.8 Å². The minimum Gasteiger partial charge on any atom is -0.306 e. The van der Waals surface area contributed by atoms with Crippen LogP contribution in [0, 0.1) is 0 Å². The maximum absolute atomic E-state index is 6.13. The van der Waals surface area contributed by atoms with Crippen molar-refractivity contribution in [3.05, 3.63) is 68.7 Å². The Morgan fingerprint density at radius 2 is 1.74 bits per heavy atom. The van der Waals surface area contributed by atoms with Crippen molar-refractivity contribution in [1.82, 2.24) is 5.32 Å². The van der Waals surface area contributed by atoms with Crippen molar-refractivity contribution in [1.29, 1.82) is 0 Å². The largest absolute Gasteiger partial charge is 0.306 e. The highest BCUT2D eigenvalue weighted by molar-refractivity contribution is 6.33. The lowest BCUT2D eigenvalue weighted by molar-refractivity contribution is 0.575. The normalized spacial score (nSPS) is 12.4. The molecule has 2 rings (SSSR count). The molecule has 0 aliphatic carbocycles. The highest BCUT2D eigenvalue weighted by atomic mass is 35.5. The molecule has 0 aliphatic rings. The summed E-state index contributed by atoms with van der Waals surface area (Å²) >= 11 is 18.1. The minimum atomic E-state index is 0.189. The zero-order valence-electron chi connectivity index (χ0n) is 10.5. The molecule has 0 aromatic heterocycles. The second-order valence-corrected chi connectivity index (χ2v) is 5.67. The molecule has 0 unspecified atom stereocenters. The standard InChI is InChI=1S/C15H14Cl3N/c1-10(11-3-2-4-13(16)7-11)19-9-12-8-14(17)5-6-15(12)18/h2-8,10,19H,9H2,1H3/t10-/m1/s1. The van der Waals surface area contributed by atoms with Crippen molar-refractivity contribution in [3.8, 4) is 0 Å². The van der Waals surface area contributed by atoms with Crippen LogP contribution in [0.25, 0.3) is 0 Å². The lowest BCUT2D eigenvalue weighted by Crippen LogP contribution is -2.18. The van der Waals surface area contributed by atoms with Gasteiger partial charge in [0.1, 0.15) is 0 Å². The van der Waals surface area contributed by atoms with Gasteiger partial charge in [-0.3, -0.25) is 0 Å². The zero-order valence-corrected chi connectivity index (χ0v) is 12.7. The molecular formula is C15H14Cl3N.